The van der Waals surface area contributed by atoms with Crippen molar-refractivity contribution in [3.8, 4) is 0 Å². The molecule has 0 aromatic heterocycles. The Hall–Kier alpha value is -3.18. The normalized spacial score (nSPS) is 22.7. The number of ether oxygens (including phenoxy) is 4. The van der Waals surface area contributed by atoms with E-state index in [1.807, 2.05) is 60.7 Å². The molecular weight excluding hydrogens is 468 g/mol. The van der Waals surface area contributed by atoms with E-state index in [-0.39, 0.29) is 50.3 Å². The van der Waals surface area contributed by atoms with Gasteiger partial charge < -0.3 is 39.8 Å². The zero-order valence-corrected chi connectivity index (χ0v) is 20.1. The number of amides is 2. The minimum Gasteiger partial charge on any atom is -0.445 e. The third-order valence-corrected chi connectivity index (χ3v) is 5.90. The number of aliphatic hydroxyl groups excluding tert-OH is 2. The average molecular weight is 503 g/mol. The Morgan fingerprint density at radius 1 is 0.694 bits per heavy atom. The van der Waals surface area contributed by atoms with Crippen molar-refractivity contribution in [2.45, 2.75) is 25.3 Å². The van der Waals surface area contributed by atoms with E-state index in [2.05, 4.69) is 10.6 Å². The highest BCUT2D eigenvalue weighted by molar-refractivity contribution is 5.68. The first-order valence-electron chi connectivity index (χ1n) is 11.9. The minimum atomic E-state index is -0.479. The van der Waals surface area contributed by atoms with Crippen molar-refractivity contribution in [1.29, 1.82) is 0 Å². The molecule has 2 heterocycles. The maximum atomic E-state index is 11.6. The topological polar surface area (TPSA) is 136 Å². The van der Waals surface area contributed by atoms with Gasteiger partial charge in [0.25, 0.3) is 0 Å². The lowest BCUT2D eigenvalue weighted by molar-refractivity contribution is 0.129. The number of carbonyl (C=O) groups is 2. The van der Waals surface area contributed by atoms with Crippen molar-refractivity contribution in [3.05, 3.63) is 71.8 Å². The van der Waals surface area contributed by atoms with Crippen LogP contribution in [0.2, 0.25) is 0 Å². The molecule has 2 aliphatic heterocycles. The maximum absolute atomic E-state index is 11.6. The van der Waals surface area contributed by atoms with Gasteiger partial charge in [-0.3, -0.25) is 0 Å². The van der Waals surface area contributed by atoms with Crippen molar-refractivity contribution in [2.75, 3.05) is 39.6 Å². The van der Waals surface area contributed by atoms with Crippen molar-refractivity contribution in [3.63, 3.8) is 0 Å². The molecule has 2 saturated heterocycles. The van der Waals surface area contributed by atoms with Gasteiger partial charge in [-0.05, 0) is 11.1 Å². The maximum Gasteiger partial charge on any atom is 0.407 e. The molecule has 2 aromatic carbocycles. The molecule has 4 N–H and O–H groups in total. The summed E-state index contributed by atoms with van der Waals surface area (Å²) in [6, 6.07) is 18.6. The molecular formula is C26H34N2O8. The molecule has 10 nitrogen and oxygen atoms in total. The fraction of sp³-hybridized carbons (Fsp3) is 0.462. The van der Waals surface area contributed by atoms with Gasteiger partial charge in [-0.2, -0.15) is 0 Å². The molecule has 0 spiro atoms. The summed E-state index contributed by atoms with van der Waals surface area (Å²) in [6.07, 6.45) is -0.958. The predicted molar refractivity (Wildman–Crippen MR) is 130 cm³/mol. The van der Waals surface area contributed by atoms with E-state index in [1.54, 1.807) is 0 Å². The summed E-state index contributed by atoms with van der Waals surface area (Å²) in [6.45, 7) is 2.28. The van der Waals surface area contributed by atoms with Gasteiger partial charge in [-0.25, -0.2) is 9.59 Å². The first-order valence-corrected chi connectivity index (χ1v) is 11.9. The predicted octanol–water partition coefficient (Wildman–Crippen LogP) is 1.84. The van der Waals surface area contributed by atoms with Gasteiger partial charge in [0.05, 0.1) is 51.7 Å². The number of nitrogens with one attached hydrogen (secondary N) is 2. The third kappa shape index (κ3) is 9.12. The number of carbonyl (C=O) groups excluding carboxylic acids is 2. The van der Waals surface area contributed by atoms with Crippen LogP contribution in [0, 0.1) is 11.8 Å². The summed E-state index contributed by atoms with van der Waals surface area (Å²) in [5, 5.41) is 23.6. The fourth-order valence-electron chi connectivity index (χ4n) is 3.71. The molecule has 4 rings (SSSR count). The monoisotopic (exact) mass is 502 g/mol. The van der Waals surface area contributed by atoms with Gasteiger partial charge >= 0.3 is 12.2 Å². The van der Waals surface area contributed by atoms with Crippen LogP contribution in [0.25, 0.3) is 0 Å². The summed E-state index contributed by atoms with van der Waals surface area (Å²) >= 11 is 0. The highest BCUT2D eigenvalue weighted by Crippen LogP contribution is 2.14. The molecule has 0 radical (unpaired) electrons. The average Bonchev–Trinajstić information content (AvgIpc) is 3.56. The van der Waals surface area contributed by atoms with Crippen LogP contribution in [0.3, 0.4) is 0 Å². The lowest BCUT2D eigenvalue weighted by atomic mass is 10.1. The Morgan fingerprint density at radius 3 is 1.44 bits per heavy atom. The van der Waals surface area contributed by atoms with Crippen LogP contribution in [0.15, 0.2) is 60.7 Å². The van der Waals surface area contributed by atoms with E-state index in [0.29, 0.717) is 26.4 Å². The van der Waals surface area contributed by atoms with Crippen molar-refractivity contribution < 1.29 is 38.7 Å². The van der Waals surface area contributed by atoms with Crippen LogP contribution in [0.1, 0.15) is 11.1 Å². The van der Waals surface area contributed by atoms with Crippen LogP contribution in [0.5, 0.6) is 0 Å². The zero-order valence-electron chi connectivity index (χ0n) is 20.1. The largest absolute Gasteiger partial charge is 0.445 e. The summed E-state index contributed by atoms with van der Waals surface area (Å²) in [7, 11) is 0. The molecule has 196 valence electrons. The molecule has 2 aromatic rings. The van der Waals surface area contributed by atoms with Crippen LogP contribution >= 0.6 is 0 Å². The van der Waals surface area contributed by atoms with E-state index in [4.69, 9.17) is 29.2 Å². The summed E-state index contributed by atoms with van der Waals surface area (Å²) < 4.78 is 20.6. The van der Waals surface area contributed by atoms with E-state index in [1.165, 1.54) is 0 Å². The molecule has 0 unspecified atom stereocenters. The van der Waals surface area contributed by atoms with Crippen LogP contribution in [-0.4, -0.2) is 74.1 Å². The Labute approximate surface area is 210 Å². The third-order valence-electron chi connectivity index (χ3n) is 5.90. The molecule has 2 amide bonds. The Bertz CT molecular complexity index is 839. The molecule has 0 saturated carbocycles. The number of hydrogen-bond donors (Lipinski definition) is 4. The highest BCUT2D eigenvalue weighted by Gasteiger charge is 2.30. The zero-order chi connectivity index (χ0) is 25.6. The molecule has 10 heteroatoms. The van der Waals surface area contributed by atoms with E-state index in [9.17, 15) is 9.59 Å². The highest BCUT2D eigenvalue weighted by atomic mass is 16.6. The van der Waals surface area contributed by atoms with E-state index in [0.717, 1.165) is 11.1 Å². The van der Waals surface area contributed by atoms with Gasteiger partial charge in [0, 0.05) is 11.8 Å². The van der Waals surface area contributed by atoms with Gasteiger partial charge in [-0.1, -0.05) is 60.7 Å². The first-order chi connectivity index (χ1) is 17.6. The van der Waals surface area contributed by atoms with E-state index >= 15 is 0 Å². The number of alkyl carbamates (subject to hydrolysis) is 2. The molecule has 36 heavy (non-hydrogen) atoms. The molecule has 0 bridgehead atoms. The summed E-state index contributed by atoms with van der Waals surface area (Å²) in [5.41, 5.74) is 1.88. The van der Waals surface area contributed by atoms with Gasteiger partial charge in [0.1, 0.15) is 13.2 Å². The molecule has 4 atom stereocenters. The Balaban J connectivity index is 0.000000201. The summed E-state index contributed by atoms with van der Waals surface area (Å²) in [4.78, 5) is 23.1. The second-order valence-electron chi connectivity index (χ2n) is 8.59. The Kier molecular flexibility index (Phi) is 11.5. The lowest BCUT2D eigenvalue weighted by Crippen LogP contribution is -2.41. The molecule has 2 aliphatic rings. The van der Waals surface area contributed by atoms with Gasteiger partial charge in [0.15, 0.2) is 0 Å². The van der Waals surface area contributed by atoms with E-state index < -0.39 is 12.2 Å². The van der Waals surface area contributed by atoms with Crippen molar-refractivity contribution in [2.24, 2.45) is 11.8 Å². The van der Waals surface area contributed by atoms with Crippen molar-refractivity contribution in [1.82, 2.24) is 10.6 Å². The quantitative estimate of drug-likeness (QED) is 0.430. The standard InChI is InChI=1S/2C13H17NO4/c2*15-6-11-8-17-9-12(11)14-13(16)18-7-10-4-2-1-3-5-10/h2*1-5,11-12,15H,6-9H2,(H,14,16)/t2*11-,12+/m10/s1. The number of aliphatic hydroxyl groups is 2. The van der Waals surface area contributed by atoms with Gasteiger partial charge in [-0.15, -0.1) is 0 Å². The second-order valence-corrected chi connectivity index (χ2v) is 8.59. The molecule has 0 aliphatic carbocycles. The van der Waals surface area contributed by atoms with Crippen molar-refractivity contribution >= 4 is 12.2 Å². The van der Waals surface area contributed by atoms with Crippen LogP contribution in [-0.2, 0) is 32.2 Å². The Morgan fingerprint density at radius 2 is 1.08 bits per heavy atom. The molecule has 2 fully saturated rings. The number of benzene rings is 2. The van der Waals surface area contributed by atoms with Crippen LogP contribution < -0.4 is 10.6 Å². The SMILES string of the molecule is O=C(N[C@@H]1COC[C@@H]1CO)OCc1ccccc1.O=C(N[C@H]1COC[C@H]1CO)OCc1ccccc1. The number of hydrogen-bond acceptors (Lipinski definition) is 8. The smallest absolute Gasteiger partial charge is 0.407 e. The fourth-order valence-corrected chi connectivity index (χ4v) is 3.71. The lowest BCUT2D eigenvalue weighted by Gasteiger charge is -2.16. The first kappa shape index (κ1) is 27.4. The summed E-state index contributed by atoms with van der Waals surface area (Å²) in [5.74, 6) is -0.0939. The van der Waals surface area contributed by atoms with Gasteiger partial charge in [0.2, 0.25) is 0 Å². The minimum absolute atomic E-state index is 0.00360. The number of rotatable bonds is 8. The second kappa shape index (κ2) is 15.0. The van der Waals surface area contributed by atoms with Crippen LogP contribution in [0.4, 0.5) is 9.59 Å².